The van der Waals surface area contributed by atoms with Gasteiger partial charge in [0.15, 0.2) is 11.3 Å². The summed E-state index contributed by atoms with van der Waals surface area (Å²) in [5.41, 5.74) is 8.27. The lowest BCUT2D eigenvalue weighted by Crippen LogP contribution is -2.58. The van der Waals surface area contributed by atoms with Gasteiger partial charge in [-0.1, -0.05) is 36.4 Å². The summed E-state index contributed by atoms with van der Waals surface area (Å²) in [5.74, 6) is -1.43. The zero-order chi connectivity index (χ0) is 29.0. The molecule has 9 heteroatoms. The smallest absolute Gasteiger partial charge is 0.258 e. The zero-order valence-electron chi connectivity index (χ0n) is 23.0. The van der Waals surface area contributed by atoms with E-state index in [4.69, 9.17) is 10.5 Å². The Balaban J connectivity index is 1.29. The highest BCUT2D eigenvalue weighted by Gasteiger charge is 2.46. The number of Topliss-reactive ketones (excluding diaryl/α,β-unsaturated/α-hetero) is 1. The van der Waals surface area contributed by atoms with E-state index in [0.717, 1.165) is 11.1 Å². The van der Waals surface area contributed by atoms with Crippen LogP contribution in [-0.2, 0) is 14.3 Å². The van der Waals surface area contributed by atoms with Gasteiger partial charge in [0.1, 0.15) is 6.61 Å². The van der Waals surface area contributed by atoms with Gasteiger partial charge < -0.3 is 20.7 Å². The van der Waals surface area contributed by atoms with Crippen molar-refractivity contribution in [2.45, 2.75) is 44.2 Å². The third-order valence-electron chi connectivity index (χ3n) is 7.91. The normalized spacial score (nSPS) is 20.1. The molecule has 2 heterocycles. The Hall–Kier alpha value is -4.34. The average Bonchev–Trinajstić information content (AvgIpc) is 3.42. The van der Waals surface area contributed by atoms with Crippen LogP contribution in [0.15, 0.2) is 72.8 Å². The van der Waals surface area contributed by atoms with Crippen molar-refractivity contribution in [2.75, 3.05) is 29.9 Å². The molecule has 41 heavy (non-hydrogen) atoms. The number of ether oxygens (including phenoxy) is 1. The number of carbonyl (C=O) groups excluding carboxylic acids is 4. The first-order chi connectivity index (χ1) is 19.8. The molecule has 3 amide bonds. The summed E-state index contributed by atoms with van der Waals surface area (Å²) in [6.07, 6.45) is 1.90. The Morgan fingerprint density at radius 1 is 1.00 bits per heavy atom. The van der Waals surface area contributed by atoms with Crippen molar-refractivity contribution in [3.8, 4) is 0 Å². The molecule has 2 aliphatic rings. The number of amides is 3. The summed E-state index contributed by atoms with van der Waals surface area (Å²) in [5, 5.41) is 5.86. The zero-order valence-corrected chi connectivity index (χ0v) is 23.0. The number of rotatable bonds is 8. The van der Waals surface area contributed by atoms with Gasteiger partial charge in [-0.05, 0) is 81.1 Å². The van der Waals surface area contributed by atoms with Gasteiger partial charge in [0.25, 0.3) is 11.8 Å². The highest BCUT2D eigenvalue weighted by molar-refractivity contribution is 6.11. The molecule has 1 unspecified atom stereocenters. The van der Waals surface area contributed by atoms with Crippen LogP contribution < -0.4 is 21.3 Å². The van der Waals surface area contributed by atoms with Crippen LogP contribution in [-0.4, -0.2) is 48.7 Å². The van der Waals surface area contributed by atoms with Crippen molar-refractivity contribution in [3.63, 3.8) is 0 Å². The molecule has 4 N–H and O–H groups in total. The van der Waals surface area contributed by atoms with Crippen LogP contribution in [0.5, 0.6) is 0 Å². The average molecular weight is 555 g/mol. The summed E-state index contributed by atoms with van der Waals surface area (Å²) in [6.45, 7) is 2.66. The van der Waals surface area contributed by atoms with Crippen molar-refractivity contribution in [3.05, 3.63) is 95.1 Å². The molecule has 0 aliphatic carbocycles. The SMILES string of the molecule is Cc1ccccc1C(=O)Nc1ccc(C(=O)N2CCCC(OCC(=O)[C@]3(C(N)=O)CCCN3)c3ccccc32)cc1. The molecule has 0 aromatic heterocycles. The van der Waals surface area contributed by atoms with Gasteiger partial charge in [-0.3, -0.25) is 24.5 Å². The number of ketones is 1. The Labute approximate surface area is 239 Å². The maximum Gasteiger partial charge on any atom is 0.258 e. The first-order valence-electron chi connectivity index (χ1n) is 13.9. The molecule has 0 saturated carbocycles. The number of nitrogens with zero attached hydrogens (tertiary/aromatic N) is 1. The maximum absolute atomic E-state index is 13.7. The fourth-order valence-electron chi connectivity index (χ4n) is 5.61. The third kappa shape index (κ3) is 5.77. The van der Waals surface area contributed by atoms with Gasteiger partial charge in [-0.25, -0.2) is 0 Å². The van der Waals surface area contributed by atoms with Crippen molar-refractivity contribution in [2.24, 2.45) is 5.73 Å². The fourth-order valence-corrected chi connectivity index (χ4v) is 5.61. The number of nitrogens with one attached hydrogen (secondary N) is 2. The molecule has 1 saturated heterocycles. The van der Waals surface area contributed by atoms with Crippen LogP contribution in [0.25, 0.3) is 0 Å². The van der Waals surface area contributed by atoms with Crippen molar-refractivity contribution < 1.29 is 23.9 Å². The molecule has 212 valence electrons. The molecule has 0 spiro atoms. The first-order valence-corrected chi connectivity index (χ1v) is 13.9. The lowest BCUT2D eigenvalue weighted by molar-refractivity contribution is -0.139. The van der Waals surface area contributed by atoms with E-state index in [2.05, 4.69) is 10.6 Å². The Bertz CT molecular complexity index is 1460. The van der Waals surface area contributed by atoms with Gasteiger partial charge in [-0.2, -0.15) is 0 Å². The van der Waals surface area contributed by atoms with Crippen LogP contribution >= 0.6 is 0 Å². The topological polar surface area (TPSA) is 131 Å². The number of carbonyl (C=O) groups is 4. The second-order valence-corrected chi connectivity index (χ2v) is 10.5. The summed E-state index contributed by atoms with van der Waals surface area (Å²) in [6, 6.07) is 21.7. The van der Waals surface area contributed by atoms with Gasteiger partial charge in [-0.15, -0.1) is 0 Å². The van der Waals surface area contributed by atoms with Crippen LogP contribution in [0.4, 0.5) is 11.4 Å². The predicted molar refractivity (Wildman–Crippen MR) is 156 cm³/mol. The predicted octanol–water partition coefficient (Wildman–Crippen LogP) is 3.92. The number of hydrogen-bond acceptors (Lipinski definition) is 6. The molecule has 2 aliphatic heterocycles. The van der Waals surface area contributed by atoms with Gasteiger partial charge >= 0.3 is 0 Å². The molecule has 5 rings (SSSR count). The molecule has 1 fully saturated rings. The molecule has 3 aromatic rings. The number of nitrogens with two attached hydrogens (primary N) is 1. The second-order valence-electron chi connectivity index (χ2n) is 10.5. The molecule has 3 aromatic carbocycles. The summed E-state index contributed by atoms with van der Waals surface area (Å²) < 4.78 is 6.09. The Morgan fingerprint density at radius 3 is 2.44 bits per heavy atom. The van der Waals surface area contributed by atoms with Crippen molar-refractivity contribution in [1.29, 1.82) is 0 Å². The standard InChI is InChI=1S/C32H34N4O5/c1-21-8-2-3-9-24(21)29(38)35-23-15-13-22(14-16-23)30(39)36-19-6-12-27(25-10-4-5-11-26(25)36)41-20-28(37)32(31(33)40)17-7-18-34-32/h2-5,8-11,13-16,27,34H,6-7,12,17-20H2,1H3,(H2,33,40)(H,35,38)/t27?,32-/m0/s1. The first kappa shape index (κ1) is 28.2. The third-order valence-corrected chi connectivity index (χ3v) is 7.91. The van der Waals surface area contributed by atoms with Gasteiger partial charge in [0.2, 0.25) is 5.91 Å². The lowest BCUT2D eigenvalue weighted by atomic mass is 9.91. The molecule has 0 bridgehead atoms. The van der Waals surface area contributed by atoms with Crippen LogP contribution in [0, 0.1) is 6.92 Å². The van der Waals surface area contributed by atoms with E-state index in [0.29, 0.717) is 61.3 Å². The number of primary amides is 1. The van der Waals surface area contributed by atoms with E-state index in [-0.39, 0.29) is 24.2 Å². The minimum Gasteiger partial charge on any atom is -0.368 e. The Kier molecular flexibility index (Phi) is 8.28. The van der Waals surface area contributed by atoms with Gasteiger partial charge in [0, 0.05) is 34.6 Å². The molecule has 0 radical (unpaired) electrons. The largest absolute Gasteiger partial charge is 0.368 e. The minimum atomic E-state index is -1.38. The van der Waals surface area contributed by atoms with Crippen molar-refractivity contribution >= 4 is 34.9 Å². The number of benzene rings is 3. The monoisotopic (exact) mass is 554 g/mol. The summed E-state index contributed by atoms with van der Waals surface area (Å²) >= 11 is 0. The van der Waals surface area contributed by atoms with E-state index >= 15 is 0 Å². The maximum atomic E-state index is 13.7. The van der Waals surface area contributed by atoms with E-state index < -0.39 is 17.6 Å². The fraction of sp³-hybridized carbons (Fsp3) is 0.312. The summed E-state index contributed by atoms with van der Waals surface area (Å²) in [4.78, 5) is 53.2. The number of hydrogen-bond donors (Lipinski definition) is 3. The quantitative estimate of drug-likeness (QED) is 0.362. The Morgan fingerprint density at radius 2 is 1.73 bits per heavy atom. The van der Waals surface area contributed by atoms with E-state index in [1.165, 1.54) is 0 Å². The van der Waals surface area contributed by atoms with Crippen molar-refractivity contribution in [1.82, 2.24) is 5.32 Å². The molecular weight excluding hydrogens is 520 g/mol. The molecule has 2 atom stereocenters. The van der Waals surface area contributed by atoms with E-state index in [1.807, 2.05) is 49.4 Å². The number of aryl methyl sites for hydroxylation is 1. The number of fused-ring (bicyclic) bond motifs is 1. The van der Waals surface area contributed by atoms with Crippen LogP contribution in [0.1, 0.15) is 63.6 Å². The molecular formula is C32H34N4O5. The highest BCUT2D eigenvalue weighted by Crippen LogP contribution is 2.36. The van der Waals surface area contributed by atoms with E-state index in [1.54, 1.807) is 35.2 Å². The summed E-state index contributed by atoms with van der Waals surface area (Å²) in [7, 11) is 0. The number of anilines is 2. The molecule has 9 nitrogen and oxygen atoms in total. The second kappa shape index (κ2) is 12.0. The van der Waals surface area contributed by atoms with Gasteiger partial charge in [0.05, 0.1) is 6.10 Å². The van der Waals surface area contributed by atoms with E-state index in [9.17, 15) is 19.2 Å². The van der Waals surface area contributed by atoms with Crippen LogP contribution in [0.3, 0.4) is 0 Å². The lowest BCUT2D eigenvalue weighted by Gasteiger charge is -2.26. The van der Waals surface area contributed by atoms with Crippen LogP contribution in [0.2, 0.25) is 0 Å². The highest BCUT2D eigenvalue weighted by atomic mass is 16.5. The minimum absolute atomic E-state index is 0.172. The number of para-hydroxylation sites is 1.